The van der Waals surface area contributed by atoms with E-state index < -0.39 is 0 Å². The molecule has 1 rings (SSSR count). The minimum Gasteiger partial charge on any atom is -0.311 e. The van der Waals surface area contributed by atoms with Gasteiger partial charge in [-0.25, -0.2) is 0 Å². The molecule has 0 bridgehead atoms. The fourth-order valence-electron chi connectivity index (χ4n) is 2.38. The fourth-order valence-corrected chi connectivity index (χ4v) is 2.98. The minimum atomic E-state index is 0.178. The average Bonchev–Trinajstić information content (AvgIpc) is 2.33. The Morgan fingerprint density at radius 1 is 1.10 bits per heavy atom. The summed E-state index contributed by atoms with van der Waals surface area (Å²) in [5.41, 5.74) is 1.62. The van der Waals surface area contributed by atoms with Gasteiger partial charge in [0.05, 0.1) is 0 Å². The standard InChI is InChI=1S/C18H30BrN/c1-14(2)9-8-10-15(13-20-18(3,4)5)16-11-6-7-12-17(16)19/h6-7,11-12,14-15,20H,8-10,13H2,1-5H3. The van der Waals surface area contributed by atoms with Crippen LogP contribution < -0.4 is 5.32 Å². The molecule has 1 unspecified atom stereocenters. The van der Waals surface area contributed by atoms with Crippen molar-refractivity contribution in [2.24, 2.45) is 5.92 Å². The predicted molar refractivity (Wildman–Crippen MR) is 93.3 cm³/mol. The molecule has 0 saturated carbocycles. The van der Waals surface area contributed by atoms with Crippen molar-refractivity contribution in [1.82, 2.24) is 5.32 Å². The molecule has 2 heteroatoms. The van der Waals surface area contributed by atoms with E-state index >= 15 is 0 Å². The molecule has 1 nitrogen and oxygen atoms in total. The molecule has 0 amide bonds. The summed E-state index contributed by atoms with van der Waals surface area (Å²) in [6.45, 7) is 12.4. The van der Waals surface area contributed by atoms with Crippen LogP contribution in [0.5, 0.6) is 0 Å². The number of hydrogen-bond donors (Lipinski definition) is 1. The van der Waals surface area contributed by atoms with Crippen molar-refractivity contribution in [3.8, 4) is 0 Å². The van der Waals surface area contributed by atoms with Gasteiger partial charge in [0, 0.05) is 16.6 Å². The van der Waals surface area contributed by atoms with Crippen LogP contribution in [0.4, 0.5) is 0 Å². The third-order valence-corrected chi connectivity index (χ3v) is 4.28. The maximum Gasteiger partial charge on any atom is 0.0210 e. The second kappa shape index (κ2) is 8.19. The van der Waals surface area contributed by atoms with E-state index in [0.29, 0.717) is 5.92 Å². The lowest BCUT2D eigenvalue weighted by atomic mass is 9.91. The zero-order valence-corrected chi connectivity index (χ0v) is 15.3. The molecule has 0 aliphatic heterocycles. The summed E-state index contributed by atoms with van der Waals surface area (Å²) in [6, 6.07) is 8.65. The Balaban J connectivity index is 2.71. The zero-order valence-electron chi connectivity index (χ0n) is 13.7. The minimum absolute atomic E-state index is 0.178. The van der Waals surface area contributed by atoms with Gasteiger partial charge < -0.3 is 5.32 Å². The predicted octanol–water partition coefficient (Wildman–Crippen LogP) is 5.75. The molecule has 0 aromatic heterocycles. The summed E-state index contributed by atoms with van der Waals surface area (Å²) < 4.78 is 1.24. The average molecular weight is 340 g/mol. The van der Waals surface area contributed by atoms with Crippen LogP contribution in [0.1, 0.15) is 65.4 Å². The largest absolute Gasteiger partial charge is 0.311 e. The highest BCUT2D eigenvalue weighted by Crippen LogP contribution is 2.29. The van der Waals surface area contributed by atoms with Gasteiger partial charge >= 0.3 is 0 Å². The van der Waals surface area contributed by atoms with Gasteiger partial charge in [0.2, 0.25) is 0 Å². The molecular weight excluding hydrogens is 310 g/mol. The SMILES string of the molecule is CC(C)CCCC(CNC(C)(C)C)c1ccccc1Br. The number of hydrogen-bond acceptors (Lipinski definition) is 1. The van der Waals surface area contributed by atoms with E-state index in [0.717, 1.165) is 12.5 Å². The molecule has 0 aliphatic rings. The van der Waals surface area contributed by atoms with Crippen LogP contribution in [0, 0.1) is 5.92 Å². The van der Waals surface area contributed by atoms with Crippen LogP contribution in [0.2, 0.25) is 0 Å². The molecule has 1 aromatic carbocycles. The molecule has 0 spiro atoms. The van der Waals surface area contributed by atoms with Gasteiger partial charge in [-0.3, -0.25) is 0 Å². The molecule has 0 fully saturated rings. The van der Waals surface area contributed by atoms with E-state index in [4.69, 9.17) is 0 Å². The van der Waals surface area contributed by atoms with Gasteiger partial charge in [-0.1, -0.05) is 60.8 Å². The smallest absolute Gasteiger partial charge is 0.0210 e. The third kappa shape index (κ3) is 6.90. The van der Waals surface area contributed by atoms with Crippen molar-refractivity contribution in [1.29, 1.82) is 0 Å². The number of halogens is 1. The molecule has 1 atom stereocenters. The van der Waals surface area contributed by atoms with E-state index in [9.17, 15) is 0 Å². The third-order valence-electron chi connectivity index (χ3n) is 3.56. The van der Waals surface area contributed by atoms with Gasteiger partial charge in [0.1, 0.15) is 0 Å². The molecule has 114 valence electrons. The van der Waals surface area contributed by atoms with Crippen molar-refractivity contribution in [3.05, 3.63) is 34.3 Å². The molecule has 1 N–H and O–H groups in total. The van der Waals surface area contributed by atoms with Crippen LogP contribution in [0.3, 0.4) is 0 Å². The van der Waals surface area contributed by atoms with Crippen molar-refractivity contribution < 1.29 is 0 Å². The summed E-state index contributed by atoms with van der Waals surface area (Å²) >= 11 is 3.71. The second-order valence-corrected chi connectivity index (χ2v) is 8.03. The van der Waals surface area contributed by atoms with Crippen molar-refractivity contribution in [3.63, 3.8) is 0 Å². The maximum atomic E-state index is 3.71. The molecule has 0 heterocycles. The molecule has 0 radical (unpaired) electrons. The van der Waals surface area contributed by atoms with Crippen molar-refractivity contribution in [2.45, 2.75) is 65.3 Å². The van der Waals surface area contributed by atoms with E-state index in [2.05, 4.69) is 80.1 Å². The monoisotopic (exact) mass is 339 g/mol. The summed E-state index contributed by atoms with van der Waals surface area (Å²) in [4.78, 5) is 0. The Morgan fingerprint density at radius 3 is 2.30 bits per heavy atom. The van der Waals surface area contributed by atoms with Gasteiger partial charge in [-0.15, -0.1) is 0 Å². The van der Waals surface area contributed by atoms with Crippen molar-refractivity contribution in [2.75, 3.05) is 6.54 Å². The van der Waals surface area contributed by atoms with Crippen LogP contribution in [-0.4, -0.2) is 12.1 Å². The number of nitrogens with one attached hydrogen (secondary N) is 1. The summed E-state index contributed by atoms with van der Waals surface area (Å²) in [6.07, 6.45) is 3.87. The van der Waals surface area contributed by atoms with Gasteiger partial charge in [0.15, 0.2) is 0 Å². The lowest BCUT2D eigenvalue weighted by Crippen LogP contribution is -2.38. The normalized spacial score (nSPS) is 13.8. The van der Waals surface area contributed by atoms with Gasteiger partial charge in [0.25, 0.3) is 0 Å². The Kier molecular flexibility index (Phi) is 7.25. The first-order chi connectivity index (χ1) is 9.29. The molecule has 0 aliphatic carbocycles. The highest BCUT2D eigenvalue weighted by atomic mass is 79.9. The van der Waals surface area contributed by atoms with Crippen molar-refractivity contribution >= 4 is 15.9 Å². The molecule has 20 heavy (non-hydrogen) atoms. The molecule has 1 aromatic rings. The Morgan fingerprint density at radius 2 is 1.75 bits per heavy atom. The number of benzene rings is 1. The lowest BCUT2D eigenvalue weighted by Gasteiger charge is -2.26. The highest BCUT2D eigenvalue weighted by molar-refractivity contribution is 9.10. The Hall–Kier alpha value is -0.340. The maximum absolute atomic E-state index is 3.71. The van der Waals surface area contributed by atoms with Crippen LogP contribution >= 0.6 is 15.9 Å². The highest BCUT2D eigenvalue weighted by Gasteiger charge is 2.17. The molecule has 0 saturated heterocycles. The van der Waals surface area contributed by atoms with Crippen LogP contribution in [0.15, 0.2) is 28.7 Å². The summed E-state index contributed by atoms with van der Waals surface area (Å²) in [5.74, 6) is 1.38. The fraction of sp³-hybridized carbons (Fsp3) is 0.667. The first-order valence-electron chi connectivity index (χ1n) is 7.79. The first-order valence-corrected chi connectivity index (χ1v) is 8.58. The molecular formula is C18H30BrN. The van der Waals surface area contributed by atoms with Gasteiger partial charge in [-0.05, 0) is 50.7 Å². The zero-order chi connectivity index (χ0) is 15.2. The number of rotatable bonds is 7. The van der Waals surface area contributed by atoms with Crippen LogP contribution in [-0.2, 0) is 0 Å². The van der Waals surface area contributed by atoms with E-state index in [1.54, 1.807) is 0 Å². The Bertz CT molecular complexity index is 393. The Labute approximate surface area is 133 Å². The van der Waals surface area contributed by atoms with E-state index in [1.165, 1.54) is 29.3 Å². The lowest BCUT2D eigenvalue weighted by molar-refractivity contribution is 0.389. The first kappa shape index (κ1) is 17.7. The van der Waals surface area contributed by atoms with Crippen LogP contribution in [0.25, 0.3) is 0 Å². The quantitative estimate of drug-likeness (QED) is 0.667. The topological polar surface area (TPSA) is 12.0 Å². The second-order valence-electron chi connectivity index (χ2n) is 7.17. The van der Waals surface area contributed by atoms with E-state index in [-0.39, 0.29) is 5.54 Å². The summed E-state index contributed by atoms with van der Waals surface area (Å²) in [5, 5.41) is 3.66. The van der Waals surface area contributed by atoms with E-state index in [1.807, 2.05) is 0 Å². The summed E-state index contributed by atoms with van der Waals surface area (Å²) in [7, 11) is 0. The van der Waals surface area contributed by atoms with Gasteiger partial charge in [-0.2, -0.15) is 0 Å².